The predicted octanol–water partition coefficient (Wildman–Crippen LogP) is 2.90. The number of hydrogen-bond acceptors (Lipinski definition) is 2. The summed E-state index contributed by atoms with van der Waals surface area (Å²) in [5.74, 6) is 0. The van der Waals surface area contributed by atoms with Crippen molar-refractivity contribution in [3.63, 3.8) is 0 Å². The monoisotopic (exact) mass is 198 g/mol. The maximum absolute atomic E-state index is 2.57. The Bertz CT molecular complexity index is 141. The van der Waals surface area contributed by atoms with E-state index in [0.29, 0.717) is 0 Å². The molecule has 0 spiro atoms. The third-order valence-corrected chi connectivity index (χ3v) is 3.23. The lowest BCUT2D eigenvalue weighted by atomic mass is 10.1. The fourth-order valence-electron chi connectivity index (χ4n) is 2.49. The molecule has 0 aromatic rings. The van der Waals surface area contributed by atoms with Crippen molar-refractivity contribution in [2.75, 3.05) is 19.6 Å². The second-order valence-corrected chi connectivity index (χ2v) is 4.41. The summed E-state index contributed by atoms with van der Waals surface area (Å²) >= 11 is 0. The van der Waals surface area contributed by atoms with Gasteiger partial charge in [0.05, 0.1) is 0 Å². The van der Waals surface area contributed by atoms with Gasteiger partial charge in [-0.1, -0.05) is 26.7 Å². The zero-order valence-corrected chi connectivity index (χ0v) is 10.1. The number of rotatable bonds is 5. The van der Waals surface area contributed by atoms with E-state index < -0.39 is 0 Å². The van der Waals surface area contributed by atoms with Crippen LogP contribution in [0.15, 0.2) is 0 Å². The van der Waals surface area contributed by atoms with Crippen LogP contribution in [0.25, 0.3) is 0 Å². The molecular weight excluding hydrogens is 172 g/mol. The molecule has 0 saturated carbocycles. The quantitative estimate of drug-likeness (QED) is 0.670. The van der Waals surface area contributed by atoms with Crippen LogP contribution in [0.3, 0.4) is 0 Å². The summed E-state index contributed by atoms with van der Waals surface area (Å²) < 4.78 is 0. The van der Waals surface area contributed by atoms with Gasteiger partial charge in [-0.2, -0.15) is 0 Å². The second kappa shape index (κ2) is 6.41. The van der Waals surface area contributed by atoms with Gasteiger partial charge in [0.1, 0.15) is 0 Å². The summed E-state index contributed by atoms with van der Waals surface area (Å²) in [5, 5.41) is 5.15. The van der Waals surface area contributed by atoms with Crippen LogP contribution < -0.4 is 0 Å². The molecule has 2 heteroatoms. The van der Waals surface area contributed by atoms with Gasteiger partial charge in [-0.25, -0.2) is 10.0 Å². The highest BCUT2D eigenvalue weighted by molar-refractivity contribution is 4.68. The molecule has 84 valence electrons. The Labute approximate surface area is 89.2 Å². The topological polar surface area (TPSA) is 6.48 Å². The van der Waals surface area contributed by atoms with E-state index in [4.69, 9.17) is 0 Å². The highest BCUT2D eigenvalue weighted by Gasteiger charge is 2.20. The standard InChI is InChI=1S/C12H26N2/c1-4-9-12(3)14(5-2)13-10-7-6-8-11-13/h12H,4-11H2,1-3H3. The molecule has 1 heterocycles. The van der Waals surface area contributed by atoms with Gasteiger partial charge < -0.3 is 0 Å². The second-order valence-electron chi connectivity index (χ2n) is 4.41. The Kier molecular flexibility index (Phi) is 5.49. The van der Waals surface area contributed by atoms with Gasteiger partial charge in [-0.15, -0.1) is 0 Å². The summed E-state index contributed by atoms with van der Waals surface area (Å²) in [7, 11) is 0. The van der Waals surface area contributed by atoms with E-state index in [9.17, 15) is 0 Å². The van der Waals surface area contributed by atoms with Gasteiger partial charge in [0.2, 0.25) is 0 Å². The Morgan fingerprint density at radius 2 is 1.79 bits per heavy atom. The van der Waals surface area contributed by atoms with Crippen LogP contribution in [0.2, 0.25) is 0 Å². The van der Waals surface area contributed by atoms with Gasteiger partial charge in [0.25, 0.3) is 0 Å². The molecule has 1 rings (SSSR count). The van der Waals surface area contributed by atoms with Crippen molar-refractivity contribution in [3.05, 3.63) is 0 Å². The van der Waals surface area contributed by atoms with Crippen LogP contribution in [-0.4, -0.2) is 35.7 Å². The summed E-state index contributed by atoms with van der Waals surface area (Å²) in [5.41, 5.74) is 0. The molecule has 0 aromatic carbocycles. The van der Waals surface area contributed by atoms with E-state index in [1.807, 2.05) is 0 Å². The molecule has 14 heavy (non-hydrogen) atoms. The average molecular weight is 198 g/mol. The van der Waals surface area contributed by atoms with E-state index in [1.165, 1.54) is 51.7 Å². The van der Waals surface area contributed by atoms with Crippen molar-refractivity contribution in [1.82, 2.24) is 10.0 Å². The first kappa shape index (κ1) is 12.0. The number of hydrazine groups is 1. The molecule has 0 amide bonds. The fourth-order valence-corrected chi connectivity index (χ4v) is 2.49. The largest absolute Gasteiger partial charge is 0.242 e. The van der Waals surface area contributed by atoms with Crippen LogP contribution in [0.4, 0.5) is 0 Å². The minimum Gasteiger partial charge on any atom is -0.242 e. The van der Waals surface area contributed by atoms with Gasteiger partial charge in [0, 0.05) is 25.7 Å². The molecular formula is C12H26N2. The minimum atomic E-state index is 0.725. The fraction of sp³-hybridized carbons (Fsp3) is 1.00. The lowest BCUT2D eigenvalue weighted by Crippen LogP contribution is -2.49. The van der Waals surface area contributed by atoms with Gasteiger partial charge in [-0.05, 0) is 26.2 Å². The molecule has 0 aliphatic carbocycles. The molecule has 1 aliphatic rings. The third kappa shape index (κ3) is 3.25. The first-order valence-corrected chi connectivity index (χ1v) is 6.31. The van der Waals surface area contributed by atoms with E-state index in [1.54, 1.807) is 0 Å². The number of nitrogens with zero attached hydrogens (tertiary/aromatic N) is 2. The van der Waals surface area contributed by atoms with Crippen molar-refractivity contribution in [1.29, 1.82) is 0 Å². The zero-order valence-electron chi connectivity index (χ0n) is 10.1. The molecule has 1 unspecified atom stereocenters. The van der Waals surface area contributed by atoms with E-state index >= 15 is 0 Å². The predicted molar refractivity (Wildman–Crippen MR) is 62.2 cm³/mol. The maximum Gasteiger partial charge on any atom is 0.0217 e. The summed E-state index contributed by atoms with van der Waals surface area (Å²) in [6.45, 7) is 10.6. The summed E-state index contributed by atoms with van der Waals surface area (Å²) in [6.07, 6.45) is 6.82. The highest BCUT2D eigenvalue weighted by atomic mass is 15.6. The molecule has 2 nitrogen and oxygen atoms in total. The third-order valence-electron chi connectivity index (χ3n) is 3.23. The molecule has 0 radical (unpaired) electrons. The first-order valence-electron chi connectivity index (χ1n) is 6.31. The van der Waals surface area contributed by atoms with Gasteiger partial charge in [0.15, 0.2) is 0 Å². The number of piperidine rings is 1. The Morgan fingerprint density at radius 3 is 2.29 bits per heavy atom. The smallest absolute Gasteiger partial charge is 0.0217 e. The lowest BCUT2D eigenvalue weighted by Gasteiger charge is -2.40. The molecule has 0 N–H and O–H groups in total. The zero-order chi connectivity index (χ0) is 10.4. The Balaban J connectivity index is 2.41. The highest BCUT2D eigenvalue weighted by Crippen LogP contribution is 2.15. The average Bonchev–Trinajstić information content (AvgIpc) is 2.21. The van der Waals surface area contributed by atoms with Crippen molar-refractivity contribution in [2.45, 2.75) is 58.9 Å². The molecule has 0 aromatic heterocycles. The van der Waals surface area contributed by atoms with Gasteiger partial charge >= 0.3 is 0 Å². The van der Waals surface area contributed by atoms with Gasteiger partial charge in [-0.3, -0.25) is 0 Å². The van der Waals surface area contributed by atoms with Crippen molar-refractivity contribution >= 4 is 0 Å². The summed E-state index contributed by atoms with van der Waals surface area (Å²) in [4.78, 5) is 0. The van der Waals surface area contributed by atoms with E-state index in [2.05, 4.69) is 30.8 Å². The molecule has 1 saturated heterocycles. The maximum atomic E-state index is 2.57. The van der Waals surface area contributed by atoms with Crippen LogP contribution in [0.5, 0.6) is 0 Å². The van der Waals surface area contributed by atoms with Crippen LogP contribution in [0.1, 0.15) is 52.9 Å². The van der Waals surface area contributed by atoms with Crippen molar-refractivity contribution < 1.29 is 0 Å². The molecule has 1 atom stereocenters. The van der Waals surface area contributed by atoms with Crippen LogP contribution in [-0.2, 0) is 0 Å². The SMILES string of the molecule is CCCC(C)N(CC)N1CCCCC1. The van der Waals surface area contributed by atoms with E-state index in [0.717, 1.165) is 6.04 Å². The lowest BCUT2D eigenvalue weighted by molar-refractivity contribution is -0.0660. The van der Waals surface area contributed by atoms with Crippen molar-refractivity contribution in [3.8, 4) is 0 Å². The summed E-state index contributed by atoms with van der Waals surface area (Å²) in [6, 6.07) is 0.725. The molecule has 1 aliphatic heterocycles. The first-order chi connectivity index (χ1) is 6.79. The van der Waals surface area contributed by atoms with Crippen LogP contribution >= 0.6 is 0 Å². The van der Waals surface area contributed by atoms with Crippen LogP contribution in [0, 0.1) is 0 Å². The van der Waals surface area contributed by atoms with Crippen molar-refractivity contribution in [2.24, 2.45) is 0 Å². The minimum absolute atomic E-state index is 0.725. The molecule has 0 bridgehead atoms. The normalized spacial score (nSPS) is 21.4. The Hall–Kier alpha value is -0.0800. The molecule has 1 fully saturated rings. The number of hydrogen-bond donors (Lipinski definition) is 0. The Morgan fingerprint density at radius 1 is 1.14 bits per heavy atom. The van der Waals surface area contributed by atoms with E-state index in [-0.39, 0.29) is 0 Å².